The second kappa shape index (κ2) is 10.8. The molecule has 0 atom stereocenters. The van der Waals surface area contributed by atoms with Gasteiger partial charge in [-0.15, -0.1) is 0 Å². The van der Waals surface area contributed by atoms with Crippen molar-refractivity contribution in [2.75, 3.05) is 25.1 Å². The Morgan fingerprint density at radius 3 is 2.35 bits per heavy atom. The lowest BCUT2D eigenvalue weighted by Gasteiger charge is -2.25. The van der Waals surface area contributed by atoms with Crippen molar-refractivity contribution < 1.29 is 22.7 Å². The molecule has 0 bridgehead atoms. The molecule has 178 valence electrons. The van der Waals surface area contributed by atoms with Gasteiger partial charge in [0.25, 0.3) is 15.9 Å². The van der Waals surface area contributed by atoms with Crippen molar-refractivity contribution in [1.29, 1.82) is 0 Å². The van der Waals surface area contributed by atoms with Crippen molar-refractivity contribution in [3.05, 3.63) is 83.4 Å². The molecular weight excluding hydrogens is 454 g/mol. The third-order valence-electron chi connectivity index (χ3n) is 5.00. The largest absolute Gasteiger partial charge is 0.497 e. The van der Waals surface area contributed by atoms with E-state index < -0.39 is 22.5 Å². The highest BCUT2D eigenvalue weighted by molar-refractivity contribution is 7.92. The molecule has 0 spiro atoms. The summed E-state index contributed by atoms with van der Waals surface area (Å²) in [6, 6.07) is 18.7. The molecule has 0 heterocycles. The molecule has 3 rings (SSSR count). The summed E-state index contributed by atoms with van der Waals surface area (Å²) in [7, 11) is -1.23. The molecule has 34 heavy (non-hydrogen) atoms. The van der Waals surface area contributed by atoms with Crippen molar-refractivity contribution in [3.8, 4) is 11.5 Å². The SMILES string of the molecule is COc1ccc(OC)c(N(CC(=O)N/N=C\c2cccc(C)c2)S(=O)(=O)c2ccc(C)cc2)c1. The van der Waals surface area contributed by atoms with Crippen molar-refractivity contribution >= 4 is 27.8 Å². The van der Waals surface area contributed by atoms with E-state index in [4.69, 9.17) is 9.47 Å². The van der Waals surface area contributed by atoms with Crippen LogP contribution < -0.4 is 19.2 Å². The monoisotopic (exact) mass is 481 g/mol. The van der Waals surface area contributed by atoms with E-state index in [-0.39, 0.29) is 16.3 Å². The van der Waals surface area contributed by atoms with E-state index in [1.54, 1.807) is 24.3 Å². The van der Waals surface area contributed by atoms with Crippen LogP contribution in [0.15, 0.2) is 76.7 Å². The molecule has 1 amide bonds. The first-order valence-corrected chi connectivity index (χ1v) is 11.9. The van der Waals surface area contributed by atoms with Crippen molar-refractivity contribution in [3.63, 3.8) is 0 Å². The van der Waals surface area contributed by atoms with Gasteiger partial charge in [0.05, 0.1) is 31.0 Å². The molecule has 0 aliphatic rings. The van der Waals surface area contributed by atoms with Crippen LogP contribution in [0.5, 0.6) is 11.5 Å². The number of amides is 1. The summed E-state index contributed by atoms with van der Waals surface area (Å²) >= 11 is 0. The zero-order valence-corrected chi connectivity index (χ0v) is 20.3. The zero-order chi connectivity index (χ0) is 24.7. The molecule has 0 aromatic heterocycles. The third kappa shape index (κ3) is 5.93. The molecule has 0 aliphatic carbocycles. The van der Waals surface area contributed by atoms with E-state index in [0.717, 1.165) is 21.0 Å². The fraction of sp³-hybridized carbons (Fsp3) is 0.200. The number of ether oxygens (including phenoxy) is 2. The predicted molar refractivity (Wildman–Crippen MR) is 132 cm³/mol. The van der Waals surface area contributed by atoms with E-state index in [1.165, 1.54) is 38.6 Å². The average molecular weight is 482 g/mol. The molecule has 8 nitrogen and oxygen atoms in total. The molecule has 3 aromatic rings. The van der Waals surface area contributed by atoms with Crippen LogP contribution in [0.1, 0.15) is 16.7 Å². The highest BCUT2D eigenvalue weighted by Crippen LogP contribution is 2.35. The van der Waals surface area contributed by atoms with Gasteiger partial charge in [0, 0.05) is 6.07 Å². The standard InChI is InChI=1S/C25H27N3O5S/c1-18-8-11-22(12-9-18)34(30,31)28(23-15-21(32-3)10-13-24(23)33-4)17-25(29)27-26-16-20-7-5-6-19(2)14-20/h5-16H,17H2,1-4H3,(H,27,29)/b26-16-. The minimum absolute atomic E-state index is 0.0408. The first-order chi connectivity index (χ1) is 16.2. The van der Waals surface area contributed by atoms with E-state index in [2.05, 4.69) is 10.5 Å². The van der Waals surface area contributed by atoms with Gasteiger partial charge in [-0.2, -0.15) is 5.10 Å². The van der Waals surface area contributed by atoms with E-state index >= 15 is 0 Å². The number of carbonyl (C=O) groups is 1. The molecule has 0 fully saturated rings. The van der Waals surface area contributed by atoms with Crippen molar-refractivity contribution in [2.45, 2.75) is 18.7 Å². The Bertz CT molecular complexity index is 1290. The van der Waals surface area contributed by atoms with Gasteiger partial charge < -0.3 is 9.47 Å². The normalized spacial score (nSPS) is 11.3. The zero-order valence-electron chi connectivity index (χ0n) is 19.5. The molecule has 0 aliphatic heterocycles. The maximum Gasteiger partial charge on any atom is 0.264 e. The Balaban J connectivity index is 1.95. The van der Waals surface area contributed by atoms with Gasteiger partial charge in [-0.1, -0.05) is 47.5 Å². The number of methoxy groups -OCH3 is 2. The fourth-order valence-electron chi connectivity index (χ4n) is 3.22. The quantitative estimate of drug-likeness (QED) is 0.372. The van der Waals surface area contributed by atoms with Crippen LogP contribution in [0.25, 0.3) is 0 Å². The number of carbonyl (C=O) groups excluding carboxylic acids is 1. The number of hydrazone groups is 1. The minimum atomic E-state index is -4.12. The van der Waals surface area contributed by atoms with E-state index in [0.29, 0.717) is 5.75 Å². The second-order valence-corrected chi connectivity index (χ2v) is 9.43. The Labute approximate surface area is 199 Å². The molecular formula is C25H27N3O5S. The smallest absolute Gasteiger partial charge is 0.264 e. The topological polar surface area (TPSA) is 97.3 Å². The maximum atomic E-state index is 13.6. The van der Waals surface area contributed by atoms with Gasteiger partial charge in [0.1, 0.15) is 18.0 Å². The van der Waals surface area contributed by atoms with Crippen LogP contribution in [0.4, 0.5) is 5.69 Å². The van der Waals surface area contributed by atoms with Crippen LogP contribution in [-0.4, -0.2) is 41.3 Å². The highest BCUT2D eigenvalue weighted by Gasteiger charge is 2.30. The number of benzene rings is 3. The summed E-state index contributed by atoms with van der Waals surface area (Å²) in [5.41, 5.74) is 5.33. The van der Waals surface area contributed by atoms with Crippen molar-refractivity contribution in [1.82, 2.24) is 5.43 Å². The number of sulfonamides is 1. The summed E-state index contributed by atoms with van der Waals surface area (Å²) < 4.78 is 38.8. The maximum absolute atomic E-state index is 13.6. The number of aryl methyl sites for hydroxylation is 2. The number of nitrogens with zero attached hydrogens (tertiary/aromatic N) is 2. The fourth-order valence-corrected chi connectivity index (χ4v) is 4.65. The van der Waals surface area contributed by atoms with Gasteiger partial charge in [-0.05, 0) is 43.7 Å². The molecule has 0 saturated heterocycles. The number of hydrogen-bond donors (Lipinski definition) is 1. The Hall–Kier alpha value is -3.85. The van der Waals surface area contributed by atoms with Crippen LogP contribution in [0.3, 0.4) is 0 Å². The third-order valence-corrected chi connectivity index (χ3v) is 6.77. The van der Waals surface area contributed by atoms with Crippen molar-refractivity contribution in [2.24, 2.45) is 5.10 Å². The number of rotatable bonds is 9. The number of anilines is 1. The van der Waals surface area contributed by atoms with Crippen LogP contribution in [0.2, 0.25) is 0 Å². The molecule has 1 N–H and O–H groups in total. The van der Waals surface area contributed by atoms with Gasteiger partial charge in [0.15, 0.2) is 0 Å². The van der Waals surface area contributed by atoms with Crippen LogP contribution in [-0.2, 0) is 14.8 Å². The minimum Gasteiger partial charge on any atom is -0.497 e. The lowest BCUT2D eigenvalue weighted by atomic mass is 10.2. The van der Waals surface area contributed by atoms with Gasteiger partial charge >= 0.3 is 0 Å². The van der Waals surface area contributed by atoms with E-state index in [1.807, 2.05) is 38.1 Å². The van der Waals surface area contributed by atoms with E-state index in [9.17, 15) is 13.2 Å². The van der Waals surface area contributed by atoms with Gasteiger partial charge in [-0.3, -0.25) is 9.10 Å². The molecule has 0 radical (unpaired) electrons. The predicted octanol–water partition coefficient (Wildman–Crippen LogP) is 3.67. The lowest BCUT2D eigenvalue weighted by Crippen LogP contribution is -2.39. The van der Waals surface area contributed by atoms with Crippen LogP contribution >= 0.6 is 0 Å². The molecule has 9 heteroatoms. The number of nitrogens with one attached hydrogen (secondary N) is 1. The Morgan fingerprint density at radius 1 is 0.971 bits per heavy atom. The van der Waals surface area contributed by atoms with Crippen LogP contribution in [0, 0.1) is 13.8 Å². The first kappa shape index (κ1) is 24.8. The summed E-state index contributed by atoms with van der Waals surface area (Å²) in [5.74, 6) is 0.0646. The second-order valence-electron chi connectivity index (χ2n) is 7.57. The van der Waals surface area contributed by atoms with Gasteiger partial charge in [-0.25, -0.2) is 13.8 Å². The molecule has 0 saturated carbocycles. The summed E-state index contributed by atoms with van der Waals surface area (Å²) in [6.07, 6.45) is 1.50. The lowest BCUT2D eigenvalue weighted by molar-refractivity contribution is -0.119. The summed E-state index contributed by atoms with van der Waals surface area (Å²) in [5, 5.41) is 3.97. The molecule has 3 aromatic carbocycles. The first-order valence-electron chi connectivity index (χ1n) is 10.4. The summed E-state index contributed by atoms with van der Waals surface area (Å²) in [4.78, 5) is 12.8. The number of hydrogen-bond acceptors (Lipinski definition) is 6. The average Bonchev–Trinajstić information content (AvgIpc) is 2.82. The van der Waals surface area contributed by atoms with Gasteiger partial charge in [0.2, 0.25) is 0 Å². The summed E-state index contributed by atoms with van der Waals surface area (Å²) in [6.45, 7) is 3.29. The highest BCUT2D eigenvalue weighted by atomic mass is 32.2. The Morgan fingerprint density at radius 2 is 1.71 bits per heavy atom. The molecule has 0 unspecified atom stereocenters. The Kier molecular flexibility index (Phi) is 7.91.